The van der Waals surface area contributed by atoms with E-state index >= 15 is 0 Å². The predicted octanol–water partition coefficient (Wildman–Crippen LogP) is 3.12. The van der Waals surface area contributed by atoms with Crippen LogP contribution >= 0.6 is 0 Å². The lowest BCUT2D eigenvalue weighted by Gasteiger charge is -2.26. The normalized spacial score (nSPS) is 16.1. The molecule has 1 amide bonds. The molecule has 2 aromatic carbocycles. The summed E-state index contributed by atoms with van der Waals surface area (Å²) in [5, 5.41) is 2.81. The van der Waals surface area contributed by atoms with Crippen LogP contribution in [-0.2, 0) is 19.6 Å². The van der Waals surface area contributed by atoms with Crippen molar-refractivity contribution in [3.63, 3.8) is 0 Å². The lowest BCUT2D eigenvalue weighted by Crippen LogP contribution is -2.40. The number of carbonyl (C=O) groups excluding carboxylic acids is 1. The molecule has 0 spiro atoms. The Morgan fingerprint density at radius 2 is 1.80 bits per heavy atom. The van der Waals surface area contributed by atoms with Crippen LogP contribution < -0.4 is 10.1 Å². The summed E-state index contributed by atoms with van der Waals surface area (Å²) in [5.41, 5.74) is 2.54. The highest BCUT2D eigenvalue weighted by Crippen LogP contribution is 2.23. The van der Waals surface area contributed by atoms with Crippen LogP contribution in [0.5, 0.6) is 5.75 Å². The molecule has 7 nitrogen and oxygen atoms in total. The standard InChI is InChI=1S/C22H28N2O5S/c1-4-20(29-21-15-16(2)5-6-17(21)3)22(25)23-18-7-9-19(10-8-18)30(26,27)24-11-13-28-14-12-24/h5-10,15,20H,4,11-14H2,1-3H3,(H,23,25)/t20-/m1/s1. The van der Waals surface area contributed by atoms with E-state index in [-0.39, 0.29) is 10.8 Å². The molecule has 0 radical (unpaired) electrons. The van der Waals surface area contributed by atoms with Crippen molar-refractivity contribution in [3.05, 3.63) is 53.6 Å². The quantitative estimate of drug-likeness (QED) is 0.727. The molecule has 0 bridgehead atoms. The second-order valence-corrected chi connectivity index (χ2v) is 9.25. The van der Waals surface area contributed by atoms with Gasteiger partial charge in [-0.2, -0.15) is 4.31 Å². The molecule has 3 rings (SSSR count). The SMILES string of the molecule is CC[C@@H](Oc1cc(C)ccc1C)C(=O)Nc1ccc(S(=O)(=O)N2CCOCC2)cc1. The Bertz CT molecular complexity index is 983. The van der Waals surface area contributed by atoms with Gasteiger partial charge in [0, 0.05) is 18.8 Å². The van der Waals surface area contributed by atoms with E-state index in [0.717, 1.165) is 11.1 Å². The van der Waals surface area contributed by atoms with Crippen LogP contribution in [0.3, 0.4) is 0 Å². The van der Waals surface area contributed by atoms with Gasteiger partial charge in [0.25, 0.3) is 5.91 Å². The van der Waals surface area contributed by atoms with Crippen LogP contribution in [0.4, 0.5) is 5.69 Å². The Morgan fingerprint density at radius 3 is 2.43 bits per heavy atom. The van der Waals surface area contributed by atoms with Crippen LogP contribution in [0.1, 0.15) is 24.5 Å². The summed E-state index contributed by atoms with van der Waals surface area (Å²) in [6.45, 7) is 7.27. The minimum absolute atomic E-state index is 0.195. The first-order valence-corrected chi connectivity index (χ1v) is 11.5. The zero-order chi connectivity index (χ0) is 21.7. The van der Waals surface area contributed by atoms with E-state index in [4.69, 9.17) is 9.47 Å². The fourth-order valence-corrected chi connectivity index (χ4v) is 4.59. The molecule has 1 atom stereocenters. The van der Waals surface area contributed by atoms with Gasteiger partial charge < -0.3 is 14.8 Å². The molecule has 2 aromatic rings. The molecule has 0 aromatic heterocycles. The summed E-state index contributed by atoms with van der Waals surface area (Å²) in [4.78, 5) is 12.9. The third kappa shape index (κ3) is 5.19. The molecule has 1 N–H and O–H groups in total. The lowest BCUT2D eigenvalue weighted by molar-refractivity contribution is -0.122. The number of aryl methyl sites for hydroxylation is 2. The zero-order valence-corrected chi connectivity index (χ0v) is 18.4. The van der Waals surface area contributed by atoms with E-state index in [1.54, 1.807) is 12.1 Å². The number of nitrogens with one attached hydrogen (secondary N) is 1. The minimum atomic E-state index is -3.56. The fourth-order valence-electron chi connectivity index (χ4n) is 3.18. The van der Waals surface area contributed by atoms with E-state index in [2.05, 4.69) is 5.32 Å². The number of nitrogens with zero attached hydrogens (tertiary/aromatic N) is 1. The number of carbonyl (C=O) groups is 1. The summed E-state index contributed by atoms with van der Waals surface area (Å²) in [5.74, 6) is 0.408. The van der Waals surface area contributed by atoms with Crippen molar-refractivity contribution < 1.29 is 22.7 Å². The van der Waals surface area contributed by atoms with E-state index < -0.39 is 16.1 Å². The molecule has 0 saturated carbocycles. The molecule has 162 valence electrons. The number of amides is 1. The zero-order valence-electron chi connectivity index (χ0n) is 17.6. The van der Waals surface area contributed by atoms with E-state index in [1.165, 1.54) is 16.4 Å². The number of rotatable bonds is 7. The number of anilines is 1. The number of benzene rings is 2. The van der Waals surface area contributed by atoms with Gasteiger partial charge >= 0.3 is 0 Å². The highest BCUT2D eigenvalue weighted by molar-refractivity contribution is 7.89. The first-order chi connectivity index (χ1) is 14.3. The van der Waals surface area contributed by atoms with Gasteiger partial charge in [0.1, 0.15) is 5.75 Å². The van der Waals surface area contributed by atoms with E-state index in [0.29, 0.717) is 44.2 Å². The maximum Gasteiger partial charge on any atom is 0.265 e. The first-order valence-electron chi connectivity index (χ1n) is 10.0. The second-order valence-electron chi connectivity index (χ2n) is 7.31. The Morgan fingerprint density at radius 1 is 1.13 bits per heavy atom. The largest absolute Gasteiger partial charge is 0.480 e. The van der Waals surface area contributed by atoms with Crippen molar-refractivity contribution >= 4 is 21.6 Å². The molecule has 1 fully saturated rings. The van der Waals surface area contributed by atoms with Gasteiger partial charge in [0.2, 0.25) is 10.0 Å². The van der Waals surface area contributed by atoms with Gasteiger partial charge in [-0.15, -0.1) is 0 Å². The Balaban J connectivity index is 1.67. The van der Waals surface area contributed by atoms with Crippen molar-refractivity contribution in [1.82, 2.24) is 4.31 Å². The molecule has 1 saturated heterocycles. The molecular weight excluding hydrogens is 404 g/mol. The Labute approximate surface area is 178 Å². The van der Waals surface area contributed by atoms with Crippen LogP contribution in [0.2, 0.25) is 0 Å². The van der Waals surface area contributed by atoms with Crippen LogP contribution in [0, 0.1) is 13.8 Å². The smallest absolute Gasteiger partial charge is 0.265 e. The number of sulfonamides is 1. The maximum absolute atomic E-state index is 12.7. The van der Waals surface area contributed by atoms with Crippen molar-refractivity contribution in [2.24, 2.45) is 0 Å². The van der Waals surface area contributed by atoms with E-state index in [9.17, 15) is 13.2 Å². The molecule has 1 aliphatic rings. The number of ether oxygens (including phenoxy) is 2. The highest BCUT2D eigenvalue weighted by Gasteiger charge is 2.26. The van der Waals surface area contributed by atoms with Gasteiger partial charge in [0.15, 0.2) is 6.10 Å². The van der Waals surface area contributed by atoms with Gasteiger partial charge in [0.05, 0.1) is 18.1 Å². The average molecular weight is 433 g/mol. The first kappa shape index (κ1) is 22.3. The molecular formula is C22H28N2O5S. The van der Waals surface area contributed by atoms with Gasteiger partial charge in [-0.25, -0.2) is 8.42 Å². The lowest BCUT2D eigenvalue weighted by atomic mass is 10.1. The second kappa shape index (κ2) is 9.59. The third-order valence-corrected chi connectivity index (χ3v) is 6.92. The predicted molar refractivity (Wildman–Crippen MR) is 115 cm³/mol. The molecule has 8 heteroatoms. The molecule has 0 unspecified atom stereocenters. The number of morpholine rings is 1. The highest BCUT2D eigenvalue weighted by atomic mass is 32.2. The van der Waals surface area contributed by atoms with Crippen molar-refractivity contribution in [3.8, 4) is 5.75 Å². The molecule has 1 heterocycles. The maximum atomic E-state index is 12.7. The molecule has 30 heavy (non-hydrogen) atoms. The average Bonchev–Trinajstić information content (AvgIpc) is 2.75. The Hall–Kier alpha value is -2.42. The molecule has 1 aliphatic heterocycles. The number of hydrogen-bond donors (Lipinski definition) is 1. The van der Waals surface area contributed by atoms with Crippen LogP contribution in [0.25, 0.3) is 0 Å². The summed E-state index contributed by atoms with van der Waals surface area (Å²) >= 11 is 0. The van der Waals surface area contributed by atoms with Gasteiger partial charge in [-0.05, 0) is 61.7 Å². The van der Waals surface area contributed by atoms with Gasteiger partial charge in [-0.1, -0.05) is 19.1 Å². The van der Waals surface area contributed by atoms with Crippen molar-refractivity contribution in [1.29, 1.82) is 0 Å². The molecule has 0 aliphatic carbocycles. The van der Waals surface area contributed by atoms with Crippen molar-refractivity contribution in [2.45, 2.75) is 38.2 Å². The third-order valence-electron chi connectivity index (χ3n) is 5.01. The monoisotopic (exact) mass is 432 g/mol. The van der Waals surface area contributed by atoms with E-state index in [1.807, 2.05) is 39.0 Å². The van der Waals surface area contributed by atoms with Crippen LogP contribution in [0.15, 0.2) is 47.4 Å². The number of hydrogen-bond acceptors (Lipinski definition) is 5. The van der Waals surface area contributed by atoms with Crippen LogP contribution in [-0.4, -0.2) is 51.0 Å². The topological polar surface area (TPSA) is 84.9 Å². The Kier molecular flexibility index (Phi) is 7.12. The summed E-state index contributed by atoms with van der Waals surface area (Å²) in [6, 6.07) is 12.1. The summed E-state index contributed by atoms with van der Waals surface area (Å²) in [6.07, 6.45) is -0.148. The fraction of sp³-hybridized carbons (Fsp3) is 0.409. The summed E-state index contributed by atoms with van der Waals surface area (Å²) in [7, 11) is -3.56. The van der Waals surface area contributed by atoms with Gasteiger partial charge in [-0.3, -0.25) is 4.79 Å². The minimum Gasteiger partial charge on any atom is -0.480 e. The summed E-state index contributed by atoms with van der Waals surface area (Å²) < 4.78 is 38.0. The van der Waals surface area contributed by atoms with Crippen molar-refractivity contribution in [2.75, 3.05) is 31.6 Å².